The van der Waals surface area contributed by atoms with Gasteiger partial charge in [-0.05, 0) is 50.7 Å². The molecule has 2 aliphatic rings. The fourth-order valence-corrected chi connectivity index (χ4v) is 3.80. The smallest absolute Gasteiger partial charge is 0.274 e. The molecular formula is C25H37N7O3. The summed E-state index contributed by atoms with van der Waals surface area (Å²) in [5.41, 5.74) is 1.13. The van der Waals surface area contributed by atoms with Gasteiger partial charge in [-0.25, -0.2) is 4.98 Å². The van der Waals surface area contributed by atoms with Gasteiger partial charge in [0.2, 0.25) is 0 Å². The molecule has 0 saturated heterocycles. The molecule has 3 aromatic heterocycles. The van der Waals surface area contributed by atoms with Crippen molar-refractivity contribution < 1.29 is 9.53 Å². The number of anilines is 3. The van der Waals surface area contributed by atoms with Crippen molar-refractivity contribution in [1.82, 2.24) is 24.5 Å². The summed E-state index contributed by atoms with van der Waals surface area (Å²) in [6.07, 6.45) is 11.1. The summed E-state index contributed by atoms with van der Waals surface area (Å²) in [4.78, 5) is 29.3. The Balaban J connectivity index is 0.000000369. The van der Waals surface area contributed by atoms with E-state index in [1.54, 1.807) is 42.4 Å². The van der Waals surface area contributed by atoms with Crippen molar-refractivity contribution in [3.63, 3.8) is 0 Å². The normalized spacial score (nSPS) is 15.0. The van der Waals surface area contributed by atoms with Gasteiger partial charge in [-0.2, -0.15) is 9.61 Å². The van der Waals surface area contributed by atoms with Crippen molar-refractivity contribution in [2.24, 2.45) is 0 Å². The summed E-state index contributed by atoms with van der Waals surface area (Å²) < 4.78 is 8.31. The Hall–Kier alpha value is -3.40. The topological polar surface area (TPSA) is 115 Å². The molecule has 10 nitrogen and oxygen atoms in total. The van der Waals surface area contributed by atoms with E-state index in [-0.39, 0.29) is 17.5 Å². The molecule has 2 fully saturated rings. The molecule has 0 spiro atoms. The van der Waals surface area contributed by atoms with Crippen LogP contribution >= 0.6 is 0 Å². The first-order chi connectivity index (χ1) is 17.0. The summed E-state index contributed by atoms with van der Waals surface area (Å²) in [5.74, 6) is 0.831. The zero-order valence-electron chi connectivity index (χ0n) is 21.3. The van der Waals surface area contributed by atoms with Crippen LogP contribution in [0.5, 0.6) is 0 Å². The molecule has 3 aromatic rings. The summed E-state index contributed by atoms with van der Waals surface area (Å²) in [5, 5.41) is 12.9. The third-order valence-corrected chi connectivity index (χ3v) is 6.29. The van der Waals surface area contributed by atoms with Gasteiger partial charge < -0.3 is 25.3 Å². The van der Waals surface area contributed by atoms with Crippen LogP contribution in [0, 0.1) is 0 Å². The lowest BCUT2D eigenvalue weighted by molar-refractivity contribution is 0.0412. The third-order valence-electron chi connectivity index (χ3n) is 6.29. The van der Waals surface area contributed by atoms with E-state index in [4.69, 9.17) is 4.74 Å². The first-order valence-electron chi connectivity index (χ1n) is 12.3. The van der Waals surface area contributed by atoms with Crippen LogP contribution in [0.3, 0.4) is 0 Å². The molecule has 2 saturated carbocycles. The molecule has 0 aliphatic heterocycles. The first-order valence-corrected chi connectivity index (χ1v) is 12.3. The van der Waals surface area contributed by atoms with E-state index >= 15 is 0 Å². The molecule has 0 bridgehead atoms. The minimum Gasteiger partial charge on any atom is -0.381 e. The lowest BCUT2D eigenvalue weighted by Crippen LogP contribution is -2.29. The van der Waals surface area contributed by atoms with Crippen LogP contribution in [0.25, 0.3) is 5.65 Å². The van der Waals surface area contributed by atoms with E-state index in [0.29, 0.717) is 34.6 Å². The van der Waals surface area contributed by atoms with Crippen LogP contribution < -0.4 is 21.5 Å². The van der Waals surface area contributed by atoms with Crippen LogP contribution in [-0.4, -0.2) is 52.4 Å². The second-order valence-corrected chi connectivity index (χ2v) is 8.28. The Labute approximate surface area is 206 Å². The van der Waals surface area contributed by atoms with Crippen LogP contribution in [0.1, 0.15) is 68.8 Å². The minimum absolute atomic E-state index is 0.0742. The van der Waals surface area contributed by atoms with Crippen LogP contribution in [-0.2, 0) is 4.74 Å². The maximum Gasteiger partial charge on any atom is 0.274 e. The molecule has 2 aliphatic carbocycles. The van der Waals surface area contributed by atoms with Crippen LogP contribution in [0.2, 0.25) is 0 Å². The number of amides is 1. The number of aromatic nitrogens is 4. The van der Waals surface area contributed by atoms with Crippen molar-refractivity contribution in [2.75, 3.05) is 31.8 Å². The number of rotatable bonds is 6. The molecule has 0 unspecified atom stereocenters. The monoisotopic (exact) mass is 483 g/mol. The predicted molar refractivity (Wildman–Crippen MR) is 139 cm³/mol. The van der Waals surface area contributed by atoms with Crippen molar-refractivity contribution in [3.8, 4) is 0 Å². The molecule has 1 amide bonds. The molecule has 0 atom stereocenters. The highest BCUT2D eigenvalue weighted by atomic mass is 16.5. The van der Waals surface area contributed by atoms with Crippen molar-refractivity contribution in [1.29, 1.82) is 0 Å². The standard InChI is InChI=1S/C18H21N7O2.C5H10O.C2H6/c1-19-15-9-14(23-16-12(17(26)20-2)10-21-25(15)16)22-13-7-4-8-24(18(13)27)11-5-3-6-11;1-6-5-3-2-4-5;1-2/h4,7-11,19H,3,5-6H2,1-2H3,(H,20,26)(H,22,23);5H,2-4H2,1H3;1-2H3. The summed E-state index contributed by atoms with van der Waals surface area (Å²) in [6.45, 7) is 4.00. The zero-order valence-corrected chi connectivity index (χ0v) is 21.3. The number of methoxy groups -OCH3 is 1. The minimum atomic E-state index is -0.274. The Morgan fingerprint density at radius 2 is 1.86 bits per heavy atom. The molecule has 5 rings (SSSR count). The van der Waals surface area contributed by atoms with Gasteiger partial charge >= 0.3 is 0 Å². The fraction of sp³-hybridized carbons (Fsp3) is 0.520. The predicted octanol–water partition coefficient (Wildman–Crippen LogP) is 3.97. The van der Waals surface area contributed by atoms with Gasteiger partial charge in [-0.3, -0.25) is 9.59 Å². The van der Waals surface area contributed by atoms with E-state index < -0.39 is 0 Å². The molecule has 0 radical (unpaired) electrons. The van der Waals surface area contributed by atoms with Crippen molar-refractivity contribution in [3.05, 3.63) is 46.5 Å². The van der Waals surface area contributed by atoms with Gasteiger partial charge in [0.05, 0.1) is 12.3 Å². The van der Waals surface area contributed by atoms with Gasteiger partial charge in [0, 0.05) is 39.5 Å². The second-order valence-electron chi connectivity index (χ2n) is 8.28. The molecule has 10 heteroatoms. The van der Waals surface area contributed by atoms with E-state index in [9.17, 15) is 9.59 Å². The van der Waals surface area contributed by atoms with Gasteiger partial charge in [-0.1, -0.05) is 13.8 Å². The number of nitrogens with zero attached hydrogens (tertiary/aromatic N) is 4. The lowest BCUT2D eigenvalue weighted by atomic mass is 9.93. The van der Waals surface area contributed by atoms with Gasteiger partial charge in [-0.15, -0.1) is 0 Å². The Morgan fingerprint density at radius 1 is 1.14 bits per heavy atom. The van der Waals surface area contributed by atoms with E-state index in [2.05, 4.69) is 26.0 Å². The Morgan fingerprint density at radius 3 is 2.37 bits per heavy atom. The number of hydrogen-bond donors (Lipinski definition) is 3. The number of carbonyl (C=O) groups excluding carboxylic acids is 1. The van der Waals surface area contributed by atoms with Gasteiger partial charge in [0.15, 0.2) is 5.65 Å². The number of nitrogens with one attached hydrogen (secondary N) is 3. The zero-order chi connectivity index (χ0) is 25.4. The van der Waals surface area contributed by atoms with Gasteiger partial charge in [0.1, 0.15) is 22.9 Å². The summed E-state index contributed by atoms with van der Waals surface area (Å²) in [6, 6.07) is 5.61. The van der Waals surface area contributed by atoms with E-state index in [1.807, 2.05) is 26.1 Å². The quantitative estimate of drug-likeness (QED) is 0.486. The summed E-state index contributed by atoms with van der Waals surface area (Å²) >= 11 is 0. The molecule has 35 heavy (non-hydrogen) atoms. The number of fused-ring (bicyclic) bond motifs is 1. The molecule has 3 N–H and O–H groups in total. The maximum absolute atomic E-state index is 12.8. The Kier molecular flexibility index (Phi) is 9.25. The highest BCUT2D eigenvalue weighted by Gasteiger charge is 2.21. The van der Waals surface area contributed by atoms with Gasteiger partial charge in [0.25, 0.3) is 11.5 Å². The van der Waals surface area contributed by atoms with Crippen LogP contribution in [0.4, 0.5) is 17.3 Å². The number of pyridine rings is 1. The van der Waals surface area contributed by atoms with Crippen molar-refractivity contribution in [2.45, 2.75) is 64.5 Å². The fourth-order valence-electron chi connectivity index (χ4n) is 3.80. The average Bonchev–Trinajstić information content (AvgIpc) is 3.24. The second kappa shape index (κ2) is 12.3. The van der Waals surface area contributed by atoms with E-state index in [0.717, 1.165) is 19.3 Å². The molecule has 190 valence electrons. The molecular weight excluding hydrogens is 446 g/mol. The lowest BCUT2D eigenvalue weighted by Gasteiger charge is -2.27. The largest absolute Gasteiger partial charge is 0.381 e. The number of hydrogen-bond acceptors (Lipinski definition) is 7. The highest BCUT2D eigenvalue weighted by molar-refractivity contribution is 5.99. The number of carbonyl (C=O) groups is 1. The van der Waals surface area contributed by atoms with E-state index in [1.165, 1.54) is 25.5 Å². The highest BCUT2D eigenvalue weighted by Crippen LogP contribution is 2.30. The molecule has 3 heterocycles. The third kappa shape index (κ3) is 5.82. The Bertz CT molecular complexity index is 1180. The van der Waals surface area contributed by atoms with Crippen molar-refractivity contribution >= 4 is 28.9 Å². The van der Waals surface area contributed by atoms with Crippen LogP contribution in [0.15, 0.2) is 35.4 Å². The average molecular weight is 484 g/mol. The first kappa shape index (κ1) is 26.2. The summed E-state index contributed by atoms with van der Waals surface area (Å²) in [7, 11) is 5.09. The molecule has 0 aromatic carbocycles. The SMILES string of the molecule is CC.CNC(=O)c1cnn2c(NC)cc(Nc3cccn(C4CCC4)c3=O)nc12.COC1CCC1. The maximum atomic E-state index is 12.8. The number of ether oxygens (including phenoxy) is 1.